The van der Waals surface area contributed by atoms with E-state index >= 15 is 0 Å². The lowest BCUT2D eigenvalue weighted by Crippen LogP contribution is -2.34. The summed E-state index contributed by atoms with van der Waals surface area (Å²) in [5.41, 5.74) is 0.578. The van der Waals surface area contributed by atoms with E-state index in [9.17, 15) is 14.4 Å². The largest absolute Gasteiger partial charge is 0.481 e. The minimum Gasteiger partial charge on any atom is -0.481 e. The van der Waals surface area contributed by atoms with Crippen molar-refractivity contribution in [3.63, 3.8) is 0 Å². The Morgan fingerprint density at radius 1 is 1.08 bits per heavy atom. The van der Waals surface area contributed by atoms with Crippen molar-refractivity contribution >= 4 is 28.6 Å². The fourth-order valence-corrected chi connectivity index (χ4v) is 3.83. The smallest absolute Gasteiger partial charge is 0.341 e. The van der Waals surface area contributed by atoms with Crippen LogP contribution in [-0.4, -0.2) is 38.5 Å². The molecule has 0 aliphatic carbocycles. The molecule has 1 atom stereocenters. The first-order valence-corrected chi connectivity index (χ1v) is 12.0. The highest BCUT2D eigenvalue weighted by atomic mass is 16.5. The molecule has 0 aliphatic heterocycles. The second kappa shape index (κ2) is 11.0. The summed E-state index contributed by atoms with van der Waals surface area (Å²) in [6.45, 7) is 5.83. The van der Waals surface area contributed by atoms with Crippen LogP contribution in [0.5, 0.6) is 5.75 Å². The first-order chi connectivity index (χ1) is 17.4. The molecule has 0 saturated carbocycles. The number of unbranched alkanes of at least 4 members (excludes halogenated alkanes) is 1. The van der Waals surface area contributed by atoms with Crippen molar-refractivity contribution in [1.82, 2.24) is 14.0 Å². The molecular formula is C27H28N4O5. The highest BCUT2D eigenvalue weighted by molar-refractivity contribution is 5.94. The molecule has 9 nitrogen and oxygen atoms in total. The summed E-state index contributed by atoms with van der Waals surface area (Å²) in [5, 5.41) is 0.234. The van der Waals surface area contributed by atoms with E-state index in [2.05, 4.69) is 9.98 Å². The molecule has 36 heavy (non-hydrogen) atoms. The highest BCUT2D eigenvalue weighted by Gasteiger charge is 2.21. The van der Waals surface area contributed by atoms with Crippen LogP contribution in [0.25, 0.3) is 16.7 Å². The quantitative estimate of drug-likeness (QED) is 0.278. The van der Waals surface area contributed by atoms with Crippen LogP contribution in [-0.2, 0) is 16.1 Å². The van der Waals surface area contributed by atoms with Crippen LogP contribution in [0.4, 0.5) is 0 Å². The average Bonchev–Trinajstić information content (AvgIpc) is 2.88. The lowest BCUT2D eigenvalue weighted by molar-refractivity contribution is -0.124. The number of aromatic nitrogens is 3. The Labute approximate surface area is 207 Å². The molecule has 0 radical (unpaired) electrons. The van der Waals surface area contributed by atoms with Crippen molar-refractivity contribution in [2.45, 2.75) is 46.3 Å². The van der Waals surface area contributed by atoms with Crippen LogP contribution in [0.1, 0.15) is 44.0 Å². The van der Waals surface area contributed by atoms with Gasteiger partial charge in [-0.15, -0.1) is 0 Å². The van der Waals surface area contributed by atoms with Gasteiger partial charge in [-0.05, 0) is 50.6 Å². The number of ether oxygens (including phenoxy) is 2. The summed E-state index contributed by atoms with van der Waals surface area (Å²) in [7, 11) is 0. The number of aryl methyl sites for hydroxylation is 1. The van der Waals surface area contributed by atoms with E-state index in [1.54, 1.807) is 67.1 Å². The molecule has 186 valence electrons. The molecule has 1 amide bonds. The Morgan fingerprint density at radius 2 is 1.83 bits per heavy atom. The van der Waals surface area contributed by atoms with Crippen LogP contribution in [0.3, 0.4) is 0 Å². The topological polar surface area (TPSA) is 104 Å². The Balaban J connectivity index is 1.97. The number of esters is 1. The predicted octanol–water partition coefficient (Wildman–Crippen LogP) is 3.52. The van der Waals surface area contributed by atoms with Crippen molar-refractivity contribution in [3.05, 3.63) is 82.2 Å². The van der Waals surface area contributed by atoms with Gasteiger partial charge in [-0.2, -0.15) is 4.99 Å². The fraction of sp³-hybridized carbons (Fsp3) is 0.296. The van der Waals surface area contributed by atoms with Crippen LogP contribution in [0.15, 0.2) is 70.6 Å². The monoisotopic (exact) mass is 488 g/mol. The van der Waals surface area contributed by atoms with Gasteiger partial charge in [0.25, 0.3) is 11.5 Å². The molecular weight excluding hydrogens is 460 g/mol. The van der Waals surface area contributed by atoms with E-state index in [4.69, 9.17) is 9.47 Å². The third-order valence-electron chi connectivity index (χ3n) is 5.64. The minimum atomic E-state index is -0.909. The van der Waals surface area contributed by atoms with Crippen molar-refractivity contribution < 1.29 is 19.1 Å². The zero-order valence-electron chi connectivity index (χ0n) is 20.5. The van der Waals surface area contributed by atoms with E-state index in [0.29, 0.717) is 30.0 Å². The van der Waals surface area contributed by atoms with Gasteiger partial charge < -0.3 is 14.0 Å². The van der Waals surface area contributed by atoms with Crippen LogP contribution >= 0.6 is 0 Å². The molecule has 0 saturated heterocycles. The summed E-state index contributed by atoms with van der Waals surface area (Å²) >= 11 is 0. The van der Waals surface area contributed by atoms with Gasteiger partial charge in [0.05, 0.1) is 12.0 Å². The van der Waals surface area contributed by atoms with E-state index in [1.807, 2.05) is 13.0 Å². The molecule has 3 heterocycles. The third kappa shape index (κ3) is 5.05. The number of amides is 1. The molecule has 0 bridgehead atoms. The summed E-state index contributed by atoms with van der Waals surface area (Å²) in [5.74, 6) is -0.727. The van der Waals surface area contributed by atoms with Gasteiger partial charge in [-0.1, -0.05) is 37.6 Å². The summed E-state index contributed by atoms with van der Waals surface area (Å²) in [6, 6.07) is 15.6. The Morgan fingerprint density at radius 3 is 2.56 bits per heavy atom. The molecule has 4 rings (SSSR count). The number of para-hydroxylation sites is 1. The number of pyridine rings is 2. The van der Waals surface area contributed by atoms with Gasteiger partial charge >= 0.3 is 5.97 Å². The predicted molar refractivity (Wildman–Crippen MR) is 135 cm³/mol. The van der Waals surface area contributed by atoms with Crippen molar-refractivity contribution in [2.75, 3.05) is 6.61 Å². The normalized spacial score (nSPS) is 12.6. The maximum atomic E-state index is 13.3. The number of hydrogen-bond acceptors (Lipinski definition) is 6. The molecule has 0 N–H and O–H groups in total. The van der Waals surface area contributed by atoms with E-state index in [1.165, 1.54) is 10.5 Å². The molecule has 0 aliphatic rings. The number of fused-ring (bicyclic) bond motifs is 2. The van der Waals surface area contributed by atoms with Gasteiger partial charge in [0.2, 0.25) is 0 Å². The van der Waals surface area contributed by atoms with Crippen molar-refractivity contribution in [1.29, 1.82) is 0 Å². The Kier molecular flexibility index (Phi) is 7.58. The fourth-order valence-electron chi connectivity index (χ4n) is 3.83. The second-order valence-electron chi connectivity index (χ2n) is 8.21. The van der Waals surface area contributed by atoms with Crippen LogP contribution in [0.2, 0.25) is 0 Å². The van der Waals surface area contributed by atoms with Crippen molar-refractivity contribution in [3.8, 4) is 5.75 Å². The molecule has 0 spiro atoms. The van der Waals surface area contributed by atoms with Crippen molar-refractivity contribution in [2.24, 2.45) is 4.99 Å². The van der Waals surface area contributed by atoms with Crippen LogP contribution in [0, 0.1) is 0 Å². The average molecular weight is 489 g/mol. The molecule has 9 heteroatoms. The molecule has 3 aromatic heterocycles. The molecule has 0 fully saturated rings. The standard InChI is InChI=1S/C27H28N4O5/c1-4-6-15-31-23-20(26(33)30-16-11-10-14-22(30)28-23)17-21(27(34)35-5-2)24(31)29-25(32)18(3)36-19-12-8-7-9-13-19/h7-14,16-18H,4-6,15H2,1-3H3/t18-/m0/s1. The zero-order valence-corrected chi connectivity index (χ0v) is 20.5. The highest BCUT2D eigenvalue weighted by Crippen LogP contribution is 2.14. The second-order valence-corrected chi connectivity index (χ2v) is 8.21. The lowest BCUT2D eigenvalue weighted by Gasteiger charge is -2.16. The van der Waals surface area contributed by atoms with Gasteiger partial charge in [0.1, 0.15) is 22.6 Å². The molecule has 1 aromatic carbocycles. The summed E-state index contributed by atoms with van der Waals surface area (Å²) in [6.07, 6.45) is 2.27. The number of hydrogen-bond donors (Lipinski definition) is 0. The maximum Gasteiger partial charge on any atom is 0.341 e. The van der Waals surface area contributed by atoms with Gasteiger partial charge in [0.15, 0.2) is 11.6 Å². The van der Waals surface area contributed by atoms with E-state index in [-0.39, 0.29) is 28.6 Å². The number of nitrogens with zero attached hydrogens (tertiary/aromatic N) is 4. The third-order valence-corrected chi connectivity index (χ3v) is 5.64. The lowest BCUT2D eigenvalue weighted by atomic mass is 10.2. The number of carbonyl (C=O) groups is 2. The minimum absolute atomic E-state index is 0.0236. The van der Waals surface area contributed by atoms with Crippen LogP contribution < -0.4 is 15.8 Å². The van der Waals surface area contributed by atoms with E-state index in [0.717, 1.165) is 6.42 Å². The first-order valence-electron chi connectivity index (χ1n) is 12.0. The molecule has 4 aromatic rings. The maximum absolute atomic E-state index is 13.3. The summed E-state index contributed by atoms with van der Waals surface area (Å²) < 4.78 is 14.1. The number of rotatable bonds is 8. The Hall–Kier alpha value is -4.27. The van der Waals surface area contributed by atoms with Gasteiger partial charge in [-0.25, -0.2) is 9.78 Å². The number of carbonyl (C=O) groups excluding carboxylic acids is 2. The Bertz CT molecular complexity index is 1540. The van der Waals surface area contributed by atoms with Gasteiger partial charge in [0, 0.05) is 12.7 Å². The zero-order chi connectivity index (χ0) is 25.7. The summed E-state index contributed by atoms with van der Waals surface area (Å²) in [4.78, 5) is 48.5. The molecule has 0 unspecified atom stereocenters. The van der Waals surface area contributed by atoms with Gasteiger partial charge in [-0.3, -0.25) is 14.0 Å². The number of benzene rings is 1. The van der Waals surface area contributed by atoms with E-state index < -0.39 is 18.0 Å². The first kappa shape index (κ1) is 24.8. The SMILES string of the molecule is CCCCn1c(=NC(=O)[C@H](C)Oc2ccccc2)c(C(=O)OCC)cc2c(=O)n3ccccc3nc21.